The van der Waals surface area contributed by atoms with Crippen LogP contribution in [0.4, 0.5) is 4.79 Å². The van der Waals surface area contributed by atoms with Crippen molar-refractivity contribution in [1.29, 1.82) is 0 Å². The van der Waals surface area contributed by atoms with Gasteiger partial charge in [-0.3, -0.25) is 14.5 Å². The molecular formula is C20H23N3O5. The molecular weight excluding hydrogens is 362 g/mol. The fourth-order valence-electron chi connectivity index (χ4n) is 4.24. The number of urea groups is 1. The van der Waals surface area contributed by atoms with E-state index in [2.05, 4.69) is 10.6 Å². The second kappa shape index (κ2) is 7.26. The quantitative estimate of drug-likeness (QED) is 0.449. The molecule has 8 nitrogen and oxygen atoms in total. The van der Waals surface area contributed by atoms with Crippen LogP contribution in [0.25, 0.3) is 0 Å². The molecule has 148 valence electrons. The van der Waals surface area contributed by atoms with Crippen molar-refractivity contribution in [1.82, 2.24) is 15.5 Å². The Hall–Kier alpha value is -2.90. The summed E-state index contributed by atoms with van der Waals surface area (Å²) in [6, 6.07) is 6.72. The Kier molecular flexibility index (Phi) is 4.78. The molecule has 0 bridgehead atoms. The molecule has 1 aromatic carbocycles. The first kappa shape index (κ1) is 18.5. The second-order valence-corrected chi connectivity index (χ2v) is 7.58. The largest absolute Gasteiger partial charge is 0.448 e. The van der Waals surface area contributed by atoms with E-state index in [1.165, 1.54) is 4.90 Å². The lowest BCUT2D eigenvalue weighted by molar-refractivity contribution is -0.131. The summed E-state index contributed by atoms with van der Waals surface area (Å²) in [6.07, 6.45) is 3.19. The smallest absolute Gasteiger partial charge is 0.339 e. The average molecular weight is 385 g/mol. The third-order valence-electron chi connectivity index (χ3n) is 5.75. The van der Waals surface area contributed by atoms with Gasteiger partial charge in [0.15, 0.2) is 6.10 Å². The highest BCUT2D eigenvalue weighted by atomic mass is 16.5. The van der Waals surface area contributed by atoms with Gasteiger partial charge in [0.2, 0.25) is 0 Å². The summed E-state index contributed by atoms with van der Waals surface area (Å²) in [6.45, 7) is 0.540. The van der Waals surface area contributed by atoms with E-state index < -0.39 is 17.6 Å². The lowest BCUT2D eigenvalue weighted by Gasteiger charge is -2.24. The molecule has 4 amide bonds. The van der Waals surface area contributed by atoms with E-state index in [4.69, 9.17) is 4.74 Å². The maximum absolute atomic E-state index is 12.6. The number of carbonyl (C=O) groups excluding carboxylic acids is 4. The van der Waals surface area contributed by atoms with E-state index in [1.807, 2.05) is 12.1 Å². The molecule has 2 heterocycles. The summed E-state index contributed by atoms with van der Waals surface area (Å²) in [5.41, 5.74) is 0.579. The highest BCUT2D eigenvalue weighted by Gasteiger charge is 2.52. The molecule has 28 heavy (non-hydrogen) atoms. The third-order valence-corrected chi connectivity index (χ3v) is 5.75. The van der Waals surface area contributed by atoms with Crippen LogP contribution in [-0.2, 0) is 20.7 Å². The normalized spacial score (nSPS) is 22.8. The molecule has 0 unspecified atom stereocenters. The molecule has 2 fully saturated rings. The average Bonchev–Trinajstić information content (AvgIpc) is 3.25. The summed E-state index contributed by atoms with van der Waals surface area (Å²) >= 11 is 0. The first-order valence-electron chi connectivity index (χ1n) is 9.71. The Balaban J connectivity index is 1.26. The van der Waals surface area contributed by atoms with Crippen molar-refractivity contribution in [3.05, 3.63) is 35.4 Å². The molecule has 1 saturated heterocycles. The van der Waals surface area contributed by atoms with Crippen LogP contribution in [0.3, 0.4) is 0 Å². The molecule has 4 rings (SSSR count). The lowest BCUT2D eigenvalue weighted by Crippen LogP contribution is -2.44. The predicted octanol–water partition coefficient (Wildman–Crippen LogP) is 1.14. The SMILES string of the molecule is O=C1O[C@H](C(=O)NCCCN2C(=O)NC3(CCCC3)C2=O)Cc2ccccc21. The predicted molar refractivity (Wildman–Crippen MR) is 98.4 cm³/mol. The van der Waals surface area contributed by atoms with Crippen LogP contribution in [0.5, 0.6) is 0 Å². The summed E-state index contributed by atoms with van der Waals surface area (Å²) < 4.78 is 5.22. The van der Waals surface area contributed by atoms with Gasteiger partial charge in [-0.25, -0.2) is 9.59 Å². The standard InChI is InChI=1S/C20H23N3O5/c24-16(15-12-13-6-1-2-7-14(13)17(25)28-15)21-10-5-11-23-18(26)20(22-19(23)27)8-3-4-9-20/h1-2,6-7,15H,3-5,8-12H2,(H,21,24)(H,22,27)/t15-/m0/s1. The number of hydrogen-bond acceptors (Lipinski definition) is 5. The summed E-state index contributed by atoms with van der Waals surface area (Å²) in [5.74, 6) is -1.02. The van der Waals surface area contributed by atoms with Gasteiger partial charge in [0.1, 0.15) is 5.54 Å². The van der Waals surface area contributed by atoms with E-state index in [0.717, 1.165) is 18.4 Å². The Labute approximate surface area is 162 Å². The topological polar surface area (TPSA) is 105 Å². The monoisotopic (exact) mass is 385 g/mol. The minimum Gasteiger partial charge on any atom is -0.448 e. The van der Waals surface area contributed by atoms with Crippen LogP contribution in [0.15, 0.2) is 24.3 Å². The highest BCUT2D eigenvalue weighted by Crippen LogP contribution is 2.35. The van der Waals surface area contributed by atoms with Crippen molar-refractivity contribution in [2.45, 2.75) is 50.2 Å². The zero-order chi connectivity index (χ0) is 19.7. The molecule has 3 aliphatic rings. The van der Waals surface area contributed by atoms with Crippen LogP contribution in [0, 0.1) is 0 Å². The fraction of sp³-hybridized carbons (Fsp3) is 0.500. The van der Waals surface area contributed by atoms with Crippen LogP contribution in [-0.4, -0.2) is 53.4 Å². The number of rotatable bonds is 5. The van der Waals surface area contributed by atoms with Gasteiger partial charge >= 0.3 is 12.0 Å². The molecule has 2 N–H and O–H groups in total. The fourth-order valence-corrected chi connectivity index (χ4v) is 4.24. The zero-order valence-corrected chi connectivity index (χ0v) is 15.5. The van der Waals surface area contributed by atoms with Crippen molar-refractivity contribution >= 4 is 23.8 Å². The van der Waals surface area contributed by atoms with Crippen molar-refractivity contribution in [3.8, 4) is 0 Å². The number of imide groups is 1. The third kappa shape index (κ3) is 3.23. The van der Waals surface area contributed by atoms with E-state index in [0.29, 0.717) is 37.8 Å². The van der Waals surface area contributed by atoms with Crippen molar-refractivity contribution < 1.29 is 23.9 Å². The summed E-state index contributed by atoms with van der Waals surface area (Å²) in [5, 5.41) is 5.57. The van der Waals surface area contributed by atoms with Crippen LogP contribution < -0.4 is 10.6 Å². The van der Waals surface area contributed by atoms with E-state index in [9.17, 15) is 19.2 Å². The van der Waals surface area contributed by atoms with E-state index in [-0.39, 0.29) is 24.4 Å². The minimum absolute atomic E-state index is 0.154. The number of hydrogen-bond donors (Lipinski definition) is 2. The molecule has 8 heteroatoms. The van der Waals surface area contributed by atoms with Gasteiger partial charge in [-0.1, -0.05) is 31.0 Å². The summed E-state index contributed by atoms with van der Waals surface area (Å²) in [7, 11) is 0. The van der Waals surface area contributed by atoms with Gasteiger partial charge in [0, 0.05) is 19.5 Å². The summed E-state index contributed by atoms with van der Waals surface area (Å²) in [4.78, 5) is 50.3. The highest BCUT2D eigenvalue weighted by molar-refractivity contribution is 6.07. The second-order valence-electron chi connectivity index (χ2n) is 7.58. The van der Waals surface area contributed by atoms with E-state index in [1.54, 1.807) is 12.1 Å². The van der Waals surface area contributed by atoms with Gasteiger partial charge in [-0.2, -0.15) is 0 Å². The zero-order valence-electron chi connectivity index (χ0n) is 15.5. The maximum atomic E-state index is 12.6. The Morgan fingerprint density at radius 1 is 1.21 bits per heavy atom. The molecule has 1 spiro atoms. The first-order valence-corrected chi connectivity index (χ1v) is 9.71. The van der Waals surface area contributed by atoms with Gasteiger partial charge in [0.25, 0.3) is 11.8 Å². The number of fused-ring (bicyclic) bond motifs is 1. The van der Waals surface area contributed by atoms with Gasteiger partial charge in [0.05, 0.1) is 5.56 Å². The Morgan fingerprint density at radius 3 is 2.75 bits per heavy atom. The van der Waals surface area contributed by atoms with Gasteiger partial charge in [-0.15, -0.1) is 0 Å². The molecule has 0 radical (unpaired) electrons. The minimum atomic E-state index is -0.860. The molecule has 2 aliphatic heterocycles. The number of esters is 1. The number of cyclic esters (lactones) is 1. The van der Waals surface area contributed by atoms with Crippen molar-refractivity contribution in [2.24, 2.45) is 0 Å². The lowest BCUT2D eigenvalue weighted by atomic mass is 9.98. The van der Waals surface area contributed by atoms with Crippen molar-refractivity contribution in [3.63, 3.8) is 0 Å². The van der Waals surface area contributed by atoms with Gasteiger partial charge < -0.3 is 15.4 Å². The number of benzene rings is 1. The first-order chi connectivity index (χ1) is 13.5. The van der Waals surface area contributed by atoms with Crippen molar-refractivity contribution in [2.75, 3.05) is 13.1 Å². The van der Waals surface area contributed by atoms with Crippen LogP contribution in [0.1, 0.15) is 48.0 Å². The van der Waals surface area contributed by atoms with E-state index >= 15 is 0 Å². The van der Waals surface area contributed by atoms with Gasteiger partial charge in [-0.05, 0) is 30.9 Å². The number of carbonyl (C=O) groups is 4. The number of nitrogens with zero attached hydrogens (tertiary/aromatic N) is 1. The Morgan fingerprint density at radius 2 is 1.96 bits per heavy atom. The maximum Gasteiger partial charge on any atom is 0.339 e. The Bertz CT molecular complexity index is 831. The van der Waals surface area contributed by atoms with Crippen LogP contribution in [0.2, 0.25) is 0 Å². The molecule has 1 saturated carbocycles. The molecule has 0 aromatic heterocycles. The van der Waals surface area contributed by atoms with Crippen LogP contribution >= 0.6 is 0 Å². The number of nitrogens with one attached hydrogen (secondary N) is 2. The molecule has 1 aromatic rings. The number of ether oxygens (including phenoxy) is 1. The number of amides is 4. The molecule has 1 atom stereocenters. The molecule has 1 aliphatic carbocycles.